The number of aryl methyl sites for hydroxylation is 1. The molecule has 100 valence electrons. The molecular formula is C11H17N3O4. The molecule has 0 atom stereocenters. The Balaban J connectivity index is 2.91. The van der Waals surface area contributed by atoms with Crippen molar-refractivity contribution in [3.63, 3.8) is 0 Å². The number of nitrogens with zero attached hydrogens (tertiary/aromatic N) is 3. The maximum absolute atomic E-state index is 10.7. The summed E-state index contributed by atoms with van der Waals surface area (Å²) in [5, 5.41) is 19.7. The lowest BCUT2D eigenvalue weighted by atomic mass is 10.2. The first-order valence-electron chi connectivity index (χ1n) is 5.56. The SMILES string of the molecule is COCCN(CCO)c1cc(C)c([N+](=O)[O-])cn1. The smallest absolute Gasteiger partial charge is 0.290 e. The van der Waals surface area contributed by atoms with Crippen LogP contribution >= 0.6 is 0 Å². The first-order chi connectivity index (χ1) is 8.60. The van der Waals surface area contributed by atoms with Gasteiger partial charge in [0.1, 0.15) is 12.0 Å². The van der Waals surface area contributed by atoms with Gasteiger partial charge in [0.2, 0.25) is 0 Å². The summed E-state index contributed by atoms with van der Waals surface area (Å²) in [6.45, 7) is 3.13. The van der Waals surface area contributed by atoms with Crippen LogP contribution in [0.15, 0.2) is 12.3 Å². The van der Waals surface area contributed by atoms with Crippen LogP contribution < -0.4 is 4.90 Å². The number of methoxy groups -OCH3 is 1. The molecule has 7 nitrogen and oxygen atoms in total. The Labute approximate surface area is 105 Å². The van der Waals surface area contributed by atoms with Crippen LogP contribution in [0.1, 0.15) is 5.56 Å². The summed E-state index contributed by atoms with van der Waals surface area (Å²) < 4.78 is 4.97. The minimum absolute atomic E-state index is 0.00515. The molecule has 0 aliphatic carbocycles. The van der Waals surface area contributed by atoms with Crippen molar-refractivity contribution in [1.29, 1.82) is 0 Å². The molecule has 0 aliphatic heterocycles. The molecule has 0 fully saturated rings. The number of pyridine rings is 1. The molecule has 0 spiro atoms. The van der Waals surface area contributed by atoms with Gasteiger partial charge >= 0.3 is 0 Å². The largest absolute Gasteiger partial charge is 0.395 e. The zero-order valence-corrected chi connectivity index (χ0v) is 10.5. The van der Waals surface area contributed by atoms with E-state index in [-0.39, 0.29) is 12.3 Å². The van der Waals surface area contributed by atoms with Crippen molar-refractivity contribution >= 4 is 11.5 Å². The van der Waals surface area contributed by atoms with E-state index in [1.165, 1.54) is 6.20 Å². The summed E-state index contributed by atoms with van der Waals surface area (Å²) >= 11 is 0. The van der Waals surface area contributed by atoms with Gasteiger partial charge in [-0.15, -0.1) is 0 Å². The Bertz CT molecular complexity index is 411. The molecule has 18 heavy (non-hydrogen) atoms. The molecule has 1 heterocycles. The number of rotatable bonds is 7. The zero-order chi connectivity index (χ0) is 13.5. The van der Waals surface area contributed by atoms with E-state index in [0.717, 1.165) is 0 Å². The van der Waals surface area contributed by atoms with E-state index in [2.05, 4.69) is 4.98 Å². The summed E-state index contributed by atoms with van der Waals surface area (Å²) in [6.07, 6.45) is 1.24. The maximum Gasteiger partial charge on any atom is 0.290 e. The van der Waals surface area contributed by atoms with Crippen molar-refractivity contribution in [2.75, 3.05) is 38.3 Å². The van der Waals surface area contributed by atoms with Gasteiger partial charge in [0.25, 0.3) is 5.69 Å². The molecule has 0 saturated carbocycles. The number of hydrogen-bond acceptors (Lipinski definition) is 6. The van der Waals surface area contributed by atoms with E-state index in [4.69, 9.17) is 9.84 Å². The molecule has 0 saturated heterocycles. The Hall–Kier alpha value is -1.73. The number of aliphatic hydroxyl groups excluding tert-OH is 1. The van der Waals surface area contributed by atoms with E-state index in [1.54, 1.807) is 20.1 Å². The fraction of sp³-hybridized carbons (Fsp3) is 0.545. The first-order valence-corrected chi connectivity index (χ1v) is 5.56. The van der Waals surface area contributed by atoms with Crippen LogP contribution in [0.25, 0.3) is 0 Å². The maximum atomic E-state index is 10.7. The molecular weight excluding hydrogens is 238 g/mol. The van der Waals surface area contributed by atoms with Crippen molar-refractivity contribution in [2.24, 2.45) is 0 Å². The molecule has 0 aliphatic rings. The van der Waals surface area contributed by atoms with Gasteiger partial charge in [-0.05, 0) is 13.0 Å². The highest BCUT2D eigenvalue weighted by molar-refractivity contribution is 5.48. The second kappa shape index (κ2) is 6.87. The fourth-order valence-corrected chi connectivity index (χ4v) is 1.56. The number of ether oxygens (including phenoxy) is 1. The number of nitro groups is 1. The molecule has 0 aromatic carbocycles. The highest BCUT2D eigenvalue weighted by Gasteiger charge is 2.14. The highest BCUT2D eigenvalue weighted by Crippen LogP contribution is 2.21. The summed E-state index contributed by atoms with van der Waals surface area (Å²) in [6, 6.07) is 1.64. The van der Waals surface area contributed by atoms with Crippen LogP contribution in [0.4, 0.5) is 11.5 Å². The quantitative estimate of drug-likeness (QED) is 0.571. The Morgan fingerprint density at radius 2 is 2.28 bits per heavy atom. The minimum atomic E-state index is -0.461. The van der Waals surface area contributed by atoms with Crippen molar-refractivity contribution < 1.29 is 14.8 Å². The topological polar surface area (TPSA) is 88.7 Å². The van der Waals surface area contributed by atoms with Crippen molar-refractivity contribution in [3.8, 4) is 0 Å². The fourth-order valence-electron chi connectivity index (χ4n) is 1.56. The van der Waals surface area contributed by atoms with Gasteiger partial charge in [-0.1, -0.05) is 0 Å². The van der Waals surface area contributed by atoms with Crippen LogP contribution in [-0.4, -0.2) is 48.4 Å². The summed E-state index contributed by atoms with van der Waals surface area (Å²) in [4.78, 5) is 16.1. The normalized spacial score (nSPS) is 10.4. The van der Waals surface area contributed by atoms with E-state index in [1.807, 2.05) is 4.90 Å². The number of anilines is 1. The molecule has 0 radical (unpaired) electrons. The van der Waals surface area contributed by atoms with Gasteiger partial charge in [0.15, 0.2) is 0 Å². The summed E-state index contributed by atoms with van der Waals surface area (Å²) in [5.74, 6) is 0.601. The average Bonchev–Trinajstić information content (AvgIpc) is 2.33. The van der Waals surface area contributed by atoms with E-state index in [0.29, 0.717) is 31.1 Å². The van der Waals surface area contributed by atoms with Crippen LogP contribution in [0.3, 0.4) is 0 Å². The van der Waals surface area contributed by atoms with Gasteiger partial charge < -0.3 is 14.7 Å². The molecule has 0 bridgehead atoms. The van der Waals surface area contributed by atoms with Crippen LogP contribution in [0.2, 0.25) is 0 Å². The minimum Gasteiger partial charge on any atom is -0.395 e. The highest BCUT2D eigenvalue weighted by atomic mass is 16.6. The monoisotopic (exact) mass is 255 g/mol. The van der Waals surface area contributed by atoms with Gasteiger partial charge in [0.05, 0.1) is 18.1 Å². The van der Waals surface area contributed by atoms with Crippen LogP contribution in [0.5, 0.6) is 0 Å². The molecule has 1 aromatic rings. The van der Waals surface area contributed by atoms with E-state index >= 15 is 0 Å². The van der Waals surface area contributed by atoms with Crippen molar-refractivity contribution in [3.05, 3.63) is 27.9 Å². The molecule has 1 aromatic heterocycles. The third-order valence-corrected chi connectivity index (χ3v) is 2.52. The molecule has 0 amide bonds. The summed E-state index contributed by atoms with van der Waals surface area (Å²) in [7, 11) is 1.59. The Kier molecular flexibility index (Phi) is 5.47. The number of aromatic nitrogens is 1. The Morgan fingerprint density at radius 1 is 1.56 bits per heavy atom. The Morgan fingerprint density at radius 3 is 2.78 bits per heavy atom. The third kappa shape index (κ3) is 3.64. The number of aliphatic hydroxyl groups is 1. The molecule has 1 rings (SSSR count). The van der Waals surface area contributed by atoms with E-state index < -0.39 is 4.92 Å². The predicted octanol–water partition coefficient (Wildman–Crippen LogP) is 0.743. The van der Waals surface area contributed by atoms with E-state index in [9.17, 15) is 10.1 Å². The van der Waals surface area contributed by atoms with Crippen LogP contribution in [0, 0.1) is 17.0 Å². The second-order valence-electron chi connectivity index (χ2n) is 3.79. The average molecular weight is 255 g/mol. The number of hydrogen-bond donors (Lipinski definition) is 1. The van der Waals surface area contributed by atoms with Gasteiger partial charge in [0, 0.05) is 25.8 Å². The van der Waals surface area contributed by atoms with Gasteiger partial charge in [-0.3, -0.25) is 10.1 Å². The lowest BCUT2D eigenvalue weighted by Crippen LogP contribution is -2.31. The molecule has 0 unspecified atom stereocenters. The van der Waals surface area contributed by atoms with Gasteiger partial charge in [-0.2, -0.15) is 0 Å². The van der Waals surface area contributed by atoms with Gasteiger partial charge in [-0.25, -0.2) is 4.98 Å². The molecule has 7 heteroatoms. The van der Waals surface area contributed by atoms with Crippen molar-refractivity contribution in [1.82, 2.24) is 4.98 Å². The summed E-state index contributed by atoms with van der Waals surface area (Å²) in [5.41, 5.74) is 0.541. The van der Waals surface area contributed by atoms with Crippen LogP contribution in [-0.2, 0) is 4.74 Å². The third-order valence-electron chi connectivity index (χ3n) is 2.52. The standard InChI is InChI=1S/C11H17N3O4/c1-9-7-11(12-8-10(9)14(16)17)13(3-5-15)4-6-18-2/h7-8,15H,3-6H2,1-2H3. The van der Waals surface area contributed by atoms with Crippen molar-refractivity contribution in [2.45, 2.75) is 6.92 Å². The lowest BCUT2D eigenvalue weighted by molar-refractivity contribution is -0.385. The predicted molar refractivity (Wildman–Crippen MR) is 66.8 cm³/mol. The second-order valence-corrected chi connectivity index (χ2v) is 3.79. The zero-order valence-electron chi connectivity index (χ0n) is 10.5. The lowest BCUT2D eigenvalue weighted by Gasteiger charge is -2.22. The molecule has 1 N–H and O–H groups in total. The first kappa shape index (κ1) is 14.3.